The molecule has 0 aliphatic carbocycles. The smallest absolute Gasteiger partial charge is 0.268 e. The van der Waals surface area contributed by atoms with E-state index in [1.165, 1.54) is 4.90 Å². The Balaban J connectivity index is 2.24. The van der Waals surface area contributed by atoms with E-state index in [4.69, 9.17) is 4.74 Å². The number of carbonyl (C=O) groups excluding carboxylic acids is 2. The molecule has 0 saturated carbocycles. The van der Waals surface area contributed by atoms with Gasteiger partial charge in [-0.15, -0.1) is 0 Å². The third-order valence-electron chi connectivity index (χ3n) is 3.15. The quantitative estimate of drug-likeness (QED) is 0.927. The van der Waals surface area contributed by atoms with Crippen molar-refractivity contribution in [2.75, 3.05) is 11.4 Å². The van der Waals surface area contributed by atoms with Crippen LogP contribution in [-0.4, -0.2) is 30.0 Å². The van der Waals surface area contributed by atoms with E-state index in [1.54, 1.807) is 6.07 Å². The van der Waals surface area contributed by atoms with Gasteiger partial charge in [-0.3, -0.25) is 14.5 Å². The molecular formula is C16H22N2O3. The third-order valence-corrected chi connectivity index (χ3v) is 3.15. The fourth-order valence-electron chi connectivity index (χ4n) is 2.30. The molecule has 1 aliphatic rings. The molecule has 2 rings (SSSR count). The Bertz CT molecular complexity index is 549. The van der Waals surface area contributed by atoms with E-state index in [0.29, 0.717) is 17.9 Å². The van der Waals surface area contributed by atoms with Gasteiger partial charge in [-0.2, -0.15) is 0 Å². The Morgan fingerprint density at radius 1 is 1.33 bits per heavy atom. The minimum atomic E-state index is -0.526. The second-order valence-corrected chi connectivity index (χ2v) is 6.21. The van der Waals surface area contributed by atoms with E-state index < -0.39 is 6.10 Å². The van der Waals surface area contributed by atoms with Crippen LogP contribution in [0.4, 0.5) is 5.69 Å². The molecule has 1 aliphatic heterocycles. The number of hydrogen-bond acceptors (Lipinski definition) is 3. The molecule has 0 radical (unpaired) electrons. The van der Waals surface area contributed by atoms with E-state index in [-0.39, 0.29) is 23.9 Å². The van der Waals surface area contributed by atoms with Crippen molar-refractivity contribution in [2.24, 2.45) is 0 Å². The van der Waals surface area contributed by atoms with Crippen molar-refractivity contribution >= 4 is 17.5 Å². The van der Waals surface area contributed by atoms with Crippen molar-refractivity contribution < 1.29 is 14.3 Å². The zero-order valence-electron chi connectivity index (χ0n) is 13.0. The monoisotopic (exact) mass is 290 g/mol. The van der Waals surface area contributed by atoms with Crippen LogP contribution in [0, 0.1) is 0 Å². The Hall–Kier alpha value is -2.04. The predicted octanol–water partition coefficient (Wildman–Crippen LogP) is 2.11. The fourth-order valence-corrected chi connectivity index (χ4v) is 2.30. The maximum Gasteiger partial charge on any atom is 0.268 e. The first kappa shape index (κ1) is 15.4. The summed E-state index contributed by atoms with van der Waals surface area (Å²) in [7, 11) is 0. The topological polar surface area (TPSA) is 58.6 Å². The van der Waals surface area contributed by atoms with Crippen LogP contribution in [0.15, 0.2) is 24.3 Å². The van der Waals surface area contributed by atoms with Gasteiger partial charge in [-0.05, 0) is 39.3 Å². The second kappa shape index (κ2) is 5.76. The number of para-hydroxylation sites is 2. The van der Waals surface area contributed by atoms with Crippen LogP contribution >= 0.6 is 0 Å². The van der Waals surface area contributed by atoms with Crippen LogP contribution in [0.1, 0.15) is 34.1 Å². The maximum absolute atomic E-state index is 12.4. The molecule has 1 N–H and O–H groups in total. The lowest BCUT2D eigenvalue weighted by molar-refractivity contribution is -0.129. The normalized spacial score (nSPS) is 18.0. The van der Waals surface area contributed by atoms with Crippen molar-refractivity contribution in [1.29, 1.82) is 0 Å². The van der Waals surface area contributed by atoms with E-state index in [9.17, 15) is 9.59 Å². The fraction of sp³-hybridized carbons (Fsp3) is 0.500. The lowest BCUT2D eigenvalue weighted by atomic mass is 10.1. The summed E-state index contributed by atoms with van der Waals surface area (Å²) in [5.74, 6) is 0.301. The van der Waals surface area contributed by atoms with Gasteiger partial charge in [0.15, 0.2) is 6.10 Å². The van der Waals surface area contributed by atoms with Gasteiger partial charge in [0.1, 0.15) is 12.3 Å². The Labute approximate surface area is 125 Å². The predicted molar refractivity (Wildman–Crippen MR) is 81.4 cm³/mol. The minimum absolute atomic E-state index is 0.00692. The first-order valence-electron chi connectivity index (χ1n) is 7.20. The number of nitrogens with one attached hydrogen (secondary N) is 1. The van der Waals surface area contributed by atoms with E-state index in [2.05, 4.69) is 5.32 Å². The molecule has 0 saturated heterocycles. The summed E-state index contributed by atoms with van der Waals surface area (Å²) in [6.07, 6.45) is 0.0484. The number of nitrogens with zero attached hydrogens (tertiary/aromatic N) is 1. The first-order valence-corrected chi connectivity index (χ1v) is 7.20. The molecule has 1 aromatic rings. The van der Waals surface area contributed by atoms with Gasteiger partial charge in [0.05, 0.1) is 5.69 Å². The molecule has 1 atom stereocenters. The highest BCUT2D eigenvalue weighted by Crippen LogP contribution is 2.34. The largest absolute Gasteiger partial charge is 0.478 e. The van der Waals surface area contributed by atoms with E-state index >= 15 is 0 Å². The van der Waals surface area contributed by atoms with Crippen molar-refractivity contribution in [1.82, 2.24) is 5.32 Å². The van der Waals surface area contributed by atoms with Crippen molar-refractivity contribution in [2.45, 2.75) is 45.8 Å². The third kappa shape index (κ3) is 3.54. The summed E-state index contributed by atoms with van der Waals surface area (Å²) < 4.78 is 5.68. The van der Waals surface area contributed by atoms with Gasteiger partial charge < -0.3 is 10.1 Å². The number of ether oxygens (including phenoxy) is 1. The molecular weight excluding hydrogens is 268 g/mol. The van der Waals surface area contributed by atoms with Crippen molar-refractivity contribution in [3.8, 4) is 5.75 Å². The maximum atomic E-state index is 12.4. The summed E-state index contributed by atoms with van der Waals surface area (Å²) in [6.45, 7) is 7.63. The molecule has 0 unspecified atom stereocenters. The molecule has 2 amide bonds. The zero-order chi connectivity index (χ0) is 15.6. The summed E-state index contributed by atoms with van der Waals surface area (Å²) in [5.41, 5.74) is 0.326. The summed E-state index contributed by atoms with van der Waals surface area (Å²) >= 11 is 0. The minimum Gasteiger partial charge on any atom is -0.478 e. The van der Waals surface area contributed by atoms with Gasteiger partial charge in [-0.1, -0.05) is 19.1 Å². The molecule has 5 nitrogen and oxygen atoms in total. The number of hydrogen-bond donors (Lipinski definition) is 1. The number of carbonyl (C=O) groups is 2. The van der Waals surface area contributed by atoms with E-state index in [1.807, 2.05) is 45.9 Å². The lowest BCUT2D eigenvalue weighted by Crippen LogP contribution is -2.52. The molecule has 5 heteroatoms. The molecule has 0 aromatic heterocycles. The van der Waals surface area contributed by atoms with Crippen LogP contribution in [0.25, 0.3) is 0 Å². The van der Waals surface area contributed by atoms with Gasteiger partial charge in [0, 0.05) is 5.54 Å². The summed E-state index contributed by atoms with van der Waals surface area (Å²) in [5, 5.41) is 2.88. The van der Waals surface area contributed by atoms with Crippen LogP contribution < -0.4 is 15.0 Å². The Morgan fingerprint density at radius 3 is 2.62 bits per heavy atom. The molecule has 0 bridgehead atoms. The van der Waals surface area contributed by atoms with Crippen LogP contribution in [0.2, 0.25) is 0 Å². The van der Waals surface area contributed by atoms with Gasteiger partial charge in [0.25, 0.3) is 5.91 Å². The molecule has 1 aromatic carbocycles. The number of fused-ring (bicyclic) bond motifs is 1. The second-order valence-electron chi connectivity index (χ2n) is 6.21. The van der Waals surface area contributed by atoms with Crippen molar-refractivity contribution in [3.63, 3.8) is 0 Å². The summed E-state index contributed by atoms with van der Waals surface area (Å²) in [6, 6.07) is 7.30. The van der Waals surface area contributed by atoms with Crippen molar-refractivity contribution in [3.05, 3.63) is 24.3 Å². The molecule has 114 valence electrons. The highest BCUT2D eigenvalue weighted by molar-refractivity contribution is 6.03. The van der Waals surface area contributed by atoms with Gasteiger partial charge >= 0.3 is 0 Å². The number of rotatable bonds is 3. The number of anilines is 1. The summed E-state index contributed by atoms with van der Waals surface area (Å²) in [4.78, 5) is 26.1. The zero-order valence-corrected chi connectivity index (χ0v) is 13.0. The van der Waals surface area contributed by atoms with Gasteiger partial charge in [0.2, 0.25) is 5.91 Å². The number of amides is 2. The highest BCUT2D eigenvalue weighted by atomic mass is 16.5. The Morgan fingerprint density at radius 2 is 2.00 bits per heavy atom. The lowest BCUT2D eigenvalue weighted by Gasteiger charge is -2.34. The van der Waals surface area contributed by atoms with Crippen LogP contribution in [0.5, 0.6) is 5.75 Å². The van der Waals surface area contributed by atoms with Crippen LogP contribution in [-0.2, 0) is 9.59 Å². The average molecular weight is 290 g/mol. The Kier molecular flexibility index (Phi) is 4.21. The molecule has 1 heterocycles. The molecule has 0 fully saturated rings. The highest BCUT2D eigenvalue weighted by Gasteiger charge is 2.34. The SMILES string of the molecule is CC[C@@H]1Oc2ccccc2N(CC(=O)NC(C)(C)C)C1=O. The molecule has 21 heavy (non-hydrogen) atoms. The molecule has 0 spiro atoms. The number of benzene rings is 1. The standard InChI is InChI=1S/C16H22N2O3/c1-5-12-15(20)18(10-14(19)17-16(2,3)4)11-8-6-7-9-13(11)21-12/h6-9,12H,5,10H2,1-4H3,(H,17,19)/t12-/m0/s1. The van der Waals surface area contributed by atoms with E-state index in [0.717, 1.165) is 0 Å². The first-order chi connectivity index (χ1) is 9.81. The average Bonchev–Trinajstić information content (AvgIpc) is 2.39. The van der Waals surface area contributed by atoms with Crippen LogP contribution in [0.3, 0.4) is 0 Å². The van der Waals surface area contributed by atoms with Gasteiger partial charge in [-0.25, -0.2) is 0 Å².